The maximum Gasteiger partial charge on any atom is 0.342 e. The lowest BCUT2D eigenvalue weighted by molar-refractivity contribution is -0.134. The van der Waals surface area contributed by atoms with E-state index in [0.29, 0.717) is 35.9 Å². The van der Waals surface area contributed by atoms with E-state index in [1.165, 1.54) is 0 Å². The van der Waals surface area contributed by atoms with Gasteiger partial charge in [-0.3, -0.25) is 4.79 Å². The summed E-state index contributed by atoms with van der Waals surface area (Å²) in [7, 11) is 0. The molecular formula is C20H24O5. The van der Waals surface area contributed by atoms with E-state index < -0.39 is 18.2 Å². The second-order valence-electron chi connectivity index (χ2n) is 9.04. The Morgan fingerprint density at radius 2 is 1.88 bits per heavy atom. The van der Waals surface area contributed by atoms with Crippen LogP contribution in [0, 0.1) is 22.7 Å². The van der Waals surface area contributed by atoms with Crippen molar-refractivity contribution >= 4 is 11.8 Å². The van der Waals surface area contributed by atoms with Crippen LogP contribution >= 0.6 is 0 Å². The zero-order chi connectivity index (χ0) is 17.7. The monoisotopic (exact) mass is 344 g/mol. The first-order valence-corrected chi connectivity index (χ1v) is 9.34. The van der Waals surface area contributed by atoms with Gasteiger partial charge in [0.2, 0.25) is 0 Å². The van der Waals surface area contributed by atoms with Crippen molar-refractivity contribution < 1.29 is 24.2 Å². The van der Waals surface area contributed by atoms with E-state index in [1.807, 2.05) is 0 Å². The molecule has 2 heterocycles. The fraction of sp³-hybridized carbons (Fsp3) is 0.700. The molecule has 0 bridgehead atoms. The number of rotatable bonds is 0. The van der Waals surface area contributed by atoms with E-state index >= 15 is 0 Å². The number of ketones is 1. The van der Waals surface area contributed by atoms with Crippen LogP contribution in [-0.4, -0.2) is 35.7 Å². The quantitative estimate of drug-likeness (QED) is 0.683. The summed E-state index contributed by atoms with van der Waals surface area (Å²) in [6.07, 6.45) is 1.96. The second-order valence-corrected chi connectivity index (χ2v) is 9.04. The zero-order valence-corrected chi connectivity index (χ0v) is 14.9. The third-order valence-electron chi connectivity index (χ3n) is 7.53. The van der Waals surface area contributed by atoms with Crippen molar-refractivity contribution in [3.8, 4) is 0 Å². The molecule has 6 atom stereocenters. The highest BCUT2D eigenvalue weighted by atomic mass is 16.5. The normalized spacial score (nSPS) is 48.3. The van der Waals surface area contributed by atoms with E-state index in [9.17, 15) is 14.7 Å². The molecule has 25 heavy (non-hydrogen) atoms. The van der Waals surface area contributed by atoms with E-state index in [1.54, 1.807) is 0 Å². The summed E-state index contributed by atoms with van der Waals surface area (Å²) in [5.74, 6) is 0.411. The molecule has 0 aromatic rings. The number of Topliss-reactive ketones (excluding diaryl/α,β-unsaturated/α-hetero) is 1. The maximum atomic E-state index is 13.2. The van der Waals surface area contributed by atoms with Gasteiger partial charge in [0, 0.05) is 22.5 Å². The van der Waals surface area contributed by atoms with Gasteiger partial charge in [0.1, 0.15) is 11.9 Å². The van der Waals surface area contributed by atoms with Crippen molar-refractivity contribution in [3.05, 3.63) is 22.5 Å². The Kier molecular flexibility index (Phi) is 2.92. The topological polar surface area (TPSA) is 72.8 Å². The lowest BCUT2D eigenvalue weighted by Crippen LogP contribution is -2.33. The van der Waals surface area contributed by atoms with Crippen molar-refractivity contribution in [2.75, 3.05) is 6.61 Å². The minimum atomic E-state index is -0.788. The highest BCUT2D eigenvalue weighted by Crippen LogP contribution is 2.63. The van der Waals surface area contributed by atoms with Crippen LogP contribution in [0.1, 0.15) is 46.5 Å². The Morgan fingerprint density at radius 3 is 2.64 bits per heavy atom. The minimum Gasteiger partial charge on any atom is -0.422 e. The Balaban J connectivity index is 1.79. The molecule has 134 valence electrons. The van der Waals surface area contributed by atoms with Gasteiger partial charge in [0.25, 0.3) is 0 Å². The van der Waals surface area contributed by atoms with Gasteiger partial charge >= 0.3 is 5.97 Å². The van der Waals surface area contributed by atoms with Crippen LogP contribution in [0.5, 0.6) is 0 Å². The van der Waals surface area contributed by atoms with Gasteiger partial charge in [-0.05, 0) is 37.0 Å². The summed E-state index contributed by atoms with van der Waals surface area (Å²) >= 11 is 0. The van der Waals surface area contributed by atoms with E-state index in [2.05, 4.69) is 20.8 Å². The molecular weight excluding hydrogens is 320 g/mol. The van der Waals surface area contributed by atoms with Gasteiger partial charge in [-0.2, -0.15) is 0 Å². The van der Waals surface area contributed by atoms with Crippen LogP contribution in [0.25, 0.3) is 0 Å². The Hall–Kier alpha value is -1.46. The number of ether oxygens (including phenoxy) is 2. The number of fused-ring (bicyclic) bond motifs is 3. The van der Waals surface area contributed by atoms with Gasteiger partial charge < -0.3 is 14.6 Å². The molecule has 2 aliphatic heterocycles. The molecule has 5 nitrogen and oxygen atoms in total. The summed E-state index contributed by atoms with van der Waals surface area (Å²) in [6, 6.07) is 0. The van der Waals surface area contributed by atoms with E-state index in [4.69, 9.17) is 9.47 Å². The molecule has 0 spiro atoms. The molecule has 1 N–H and O–H groups in total. The Morgan fingerprint density at radius 1 is 1.12 bits per heavy atom. The molecule has 0 unspecified atom stereocenters. The maximum absolute atomic E-state index is 13.2. The molecule has 5 rings (SSSR count). The molecule has 5 heteroatoms. The van der Waals surface area contributed by atoms with Gasteiger partial charge in [-0.15, -0.1) is 0 Å². The number of hydrogen-bond donors (Lipinski definition) is 1. The molecule has 0 aromatic carbocycles. The Bertz CT molecular complexity index is 777. The lowest BCUT2D eigenvalue weighted by atomic mass is 9.66. The van der Waals surface area contributed by atoms with Gasteiger partial charge in [-0.25, -0.2) is 4.79 Å². The third kappa shape index (κ3) is 1.71. The van der Waals surface area contributed by atoms with Crippen molar-refractivity contribution in [2.24, 2.45) is 22.7 Å². The van der Waals surface area contributed by atoms with Crippen LogP contribution in [0.15, 0.2) is 22.5 Å². The van der Waals surface area contributed by atoms with Crippen LogP contribution in [0.2, 0.25) is 0 Å². The smallest absolute Gasteiger partial charge is 0.342 e. The predicted molar refractivity (Wildman–Crippen MR) is 88.2 cm³/mol. The van der Waals surface area contributed by atoms with Gasteiger partial charge in [0.15, 0.2) is 5.78 Å². The highest BCUT2D eigenvalue weighted by molar-refractivity contribution is 6.07. The number of allylic oxidation sites excluding steroid dienone is 1. The van der Waals surface area contributed by atoms with Crippen molar-refractivity contribution in [3.63, 3.8) is 0 Å². The lowest BCUT2D eigenvalue weighted by Gasteiger charge is -2.37. The van der Waals surface area contributed by atoms with E-state index in [0.717, 1.165) is 24.8 Å². The highest BCUT2D eigenvalue weighted by Gasteiger charge is 2.64. The molecule has 2 fully saturated rings. The summed E-state index contributed by atoms with van der Waals surface area (Å²) in [5, 5.41) is 10.4. The first-order chi connectivity index (χ1) is 11.8. The first kappa shape index (κ1) is 15.8. The molecule has 1 saturated heterocycles. The molecule has 0 amide bonds. The molecule has 0 radical (unpaired) electrons. The molecule has 3 aliphatic carbocycles. The number of carbonyl (C=O) groups is 2. The van der Waals surface area contributed by atoms with Crippen molar-refractivity contribution in [1.82, 2.24) is 0 Å². The van der Waals surface area contributed by atoms with Crippen LogP contribution in [-0.2, 0) is 19.1 Å². The molecule has 5 aliphatic rings. The Labute approximate surface area is 147 Å². The third-order valence-corrected chi connectivity index (χ3v) is 7.53. The summed E-state index contributed by atoms with van der Waals surface area (Å²) in [6.45, 7) is 7.05. The molecule has 0 aromatic heterocycles. The SMILES string of the molecule is C[C@H]1CO[C@H]2C(=O)C3=C4OC(=O)C5=C4[C@@](C)(CC[C@@H]5O)CC[C@]3(C)[C@@H]12. The minimum absolute atomic E-state index is 0.0160. The number of hydrogen-bond acceptors (Lipinski definition) is 5. The average Bonchev–Trinajstić information content (AvgIpc) is 3.15. The zero-order valence-electron chi connectivity index (χ0n) is 14.9. The fourth-order valence-electron chi connectivity index (χ4n) is 6.23. The largest absolute Gasteiger partial charge is 0.422 e. The predicted octanol–water partition coefficient (Wildman–Crippen LogP) is 2.29. The van der Waals surface area contributed by atoms with Crippen LogP contribution in [0.3, 0.4) is 0 Å². The summed E-state index contributed by atoms with van der Waals surface area (Å²) in [4.78, 5) is 25.7. The number of aliphatic hydroxyl groups is 1. The average molecular weight is 344 g/mol. The number of esters is 1. The number of carbonyl (C=O) groups excluding carboxylic acids is 2. The summed E-state index contributed by atoms with van der Waals surface area (Å²) < 4.78 is 11.5. The second kappa shape index (κ2) is 4.63. The fourth-order valence-corrected chi connectivity index (χ4v) is 6.23. The van der Waals surface area contributed by atoms with Crippen molar-refractivity contribution in [1.29, 1.82) is 0 Å². The van der Waals surface area contributed by atoms with Crippen LogP contribution in [0.4, 0.5) is 0 Å². The van der Waals surface area contributed by atoms with Gasteiger partial charge in [-0.1, -0.05) is 20.8 Å². The molecule has 1 saturated carbocycles. The first-order valence-electron chi connectivity index (χ1n) is 9.34. The summed E-state index contributed by atoms with van der Waals surface area (Å²) in [5.41, 5.74) is 1.29. The standard InChI is InChI=1S/C20H24O5/c1-9-8-24-17-12(9)20(3)7-6-19(2)5-4-10(21)11-13(19)16(25-18(11)23)14(20)15(17)22/h9-10,12,17,21H,4-8H2,1-3H3/t9-,10-,12-,17+,19-,20+/m0/s1. The van der Waals surface area contributed by atoms with E-state index in [-0.39, 0.29) is 22.5 Å². The number of aliphatic hydroxyl groups excluding tert-OH is 1. The van der Waals surface area contributed by atoms with Gasteiger partial charge in [0.05, 0.1) is 18.3 Å². The van der Waals surface area contributed by atoms with Crippen molar-refractivity contribution in [2.45, 2.75) is 58.7 Å². The van der Waals surface area contributed by atoms with Crippen LogP contribution < -0.4 is 0 Å².